The van der Waals surface area contributed by atoms with Crippen molar-refractivity contribution in [1.82, 2.24) is 4.90 Å². The second-order valence-electron chi connectivity index (χ2n) is 4.58. The second kappa shape index (κ2) is 3.91. The fourth-order valence-electron chi connectivity index (χ4n) is 2.49. The van der Waals surface area contributed by atoms with E-state index in [1.807, 2.05) is 17.1 Å². The molecule has 2 aliphatic heterocycles. The van der Waals surface area contributed by atoms with Crippen LogP contribution in [0.1, 0.15) is 19.8 Å². The fourth-order valence-corrected chi connectivity index (χ4v) is 2.49. The van der Waals surface area contributed by atoms with Crippen LogP contribution in [0, 0.1) is 5.92 Å². The summed E-state index contributed by atoms with van der Waals surface area (Å²) in [5.41, 5.74) is 2.07. The van der Waals surface area contributed by atoms with E-state index in [-0.39, 0.29) is 5.91 Å². The van der Waals surface area contributed by atoms with Crippen LogP contribution >= 0.6 is 0 Å². The lowest BCUT2D eigenvalue weighted by Gasteiger charge is -2.28. The van der Waals surface area contributed by atoms with E-state index in [1.165, 1.54) is 0 Å². The van der Waals surface area contributed by atoms with Crippen molar-refractivity contribution in [3.05, 3.63) is 47.6 Å². The Bertz CT molecular complexity index is 482. The summed E-state index contributed by atoms with van der Waals surface area (Å²) in [4.78, 5) is 13.6. The molecule has 1 unspecified atom stereocenters. The van der Waals surface area contributed by atoms with Crippen LogP contribution in [0.4, 0.5) is 0 Å². The number of allylic oxidation sites excluding steroid dienone is 5. The Hall–Kier alpha value is -1.77. The Balaban J connectivity index is 2.04. The van der Waals surface area contributed by atoms with Crippen LogP contribution in [-0.2, 0) is 9.53 Å². The average molecular weight is 229 g/mol. The van der Waals surface area contributed by atoms with E-state index in [0.717, 1.165) is 30.0 Å². The third-order valence-electron chi connectivity index (χ3n) is 3.43. The maximum absolute atomic E-state index is 11.8. The van der Waals surface area contributed by atoms with Crippen molar-refractivity contribution in [2.75, 3.05) is 6.54 Å². The second-order valence-corrected chi connectivity index (χ2v) is 4.58. The highest BCUT2D eigenvalue weighted by atomic mass is 16.5. The molecule has 0 radical (unpaired) electrons. The quantitative estimate of drug-likeness (QED) is 0.691. The first-order valence-corrected chi connectivity index (χ1v) is 6.04. The molecule has 3 heteroatoms. The molecule has 1 fully saturated rings. The van der Waals surface area contributed by atoms with Gasteiger partial charge in [-0.3, -0.25) is 4.79 Å². The van der Waals surface area contributed by atoms with Crippen molar-refractivity contribution in [2.45, 2.75) is 19.8 Å². The van der Waals surface area contributed by atoms with Gasteiger partial charge in [0.1, 0.15) is 0 Å². The first-order valence-electron chi connectivity index (χ1n) is 6.04. The van der Waals surface area contributed by atoms with Gasteiger partial charge in [0.2, 0.25) is 5.91 Å². The van der Waals surface area contributed by atoms with Crippen LogP contribution in [0.2, 0.25) is 0 Å². The van der Waals surface area contributed by atoms with Crippen LogP contribution in [-0.4, -0.2) is 17.4 Å². The van der Waals surface area contributed by atoms with Gasteiger partial charge in [0.25, 0.3) is 0 Å². The Kier molecular flexibility index (Phi) is 2.39. The lowest BCUT2D eigenvalue weighted by atomic mass is 9.91. The lowest BCUT2D eigenvalue weighted by molar-refractivity contribution is -0.126. The zero-order chi connectivity index (χ0) is 11.8. The van der Waals surface area contributed by atoms with Crippen LogP contribution in [0.5, 0.6) is 0 Å². The molecule has 0 aromatic heterocycles. The summed E-state index contributed by atoms with van der Waals surface area (Å²) in [5.74, 6) is 1.39. The van der Waals surface area contributed by atoms with Gasteiger partial charge in [0, 0.05) is 24.5 Å². The van der Waals surface area contributed by atoms with Gasteiger partial charge >= 0.3 is 0 Å². The average Bonchev–Trinajstić information content (AvgIpc) is 2.77. The van der Waals surface area contributed by atoms with E-state index < -0.39 is 0 Å². The standard InChI is InChI=1S/C14H15NO2/c1-10-6-7-12(15-8-2-5-13(15)16)14-11(10)4-3-9-17-14/h3-4,6-7,9-10H,2,5,8H2,1H3. The number of ether oxygens (including phenoxy) is 1. The van der Waals surface area contributed by atoms with Crippen molar-refractivity contribution in [3.8, 4) is 0 Å². The van der Waals surface area contributed by atoms with Crippen molar-refractivity contribution in [1.29, 1.82) is 0 Å². The number of likely N-dealkylation sites (tertiary alicyclic amines) is 1. The van der Waals surface area contributed by atoms with Crippen molar-refractivity contribution >= 4 is 5.91 Å². The molecule has 3 nitrogen and oxygen atoms in total. The zero-order valence-electron chi connectivity index (χ0n) is 9.85. The third-order valence-corrected chi connectivity index (χ3v) is 3.43. The Morgan fingerprint density at radius 2 is 2.35 bits per heavy atom. The molecule has 17 heavy (non-hydrogen) atoms. The SMILES string of the molecule is CC1C=CC(N2CCCC2=O)=C2OC=CC=C21. The molecule has 1 amide bonds. The van der Waals surface area contributed by atoms with Crippen molar-refractivity contribution < 1.29 is 9.53 Å². The van der Waals surface area contributed by atoms with E-state index in [4.69, 9.17) is 4.74 Å². The molecule has 0 N–H and O–H groups in total. The van der Waals surface area contributed by atoms with Gasteiger partial charge in [-0.05, 0) is 18.6 Å². The molecule has 3 aliphatic rings. The van der Waals surface area contributed by atoms with E-state index >= 15 is 0 Å². The molecule has 2 heterocycles. The number of nitrogens with zero attached hydrogens (tertiary/aromatic N) is 1. The summed E-state index contributed by atoms with van der Waals surface area (Å²) in [5, 5.41) is 0. The lowest BCUT2D eigenvalue weighted by Crippen LogP contribution is -2.27. The summed E-state index contributed by atoms with van der Waals surface area (Å²) in [7, 11) is 0. The molecule has 0 spiro atoms. The Morgan fingerprint density at radius 3 is 3.12 bits per heavy atom. The van der Waals surface area contributed by atoms with E-state index in [1.54, 1.807) is 6.26 Å². The predicted molar refractivity (Wildman–Crippen MR) is 64.6 cm³/mol. The Morgan fingerprint density at radius 1 is 1.47 bits per heavy atom. The van der Waals surface area contributed by atoms with Gasteiger partial charge in [0.15, 0.2) is 5.76 Å². The minimum Gasteiger partial charge on any atom is -0.462 e. The summed E-state index contributed by atoms with van der Waals surface area (Å²) in [6, 6.07) is 0. The molecule has 0 bridgehead atoms. The molecular weight excluding hydrogens is 214 g/mol. The van der Waals surface area contributed by atoms with Crippen molar-refractivity contribution in [3.63, 3.8) is 0 Å². The number of amides is 1. The third kappa shape index (κ3) is 1.62. The number of hydrogen-bond acceptors (Lipinski definition) is 2. The first kappa shape index (κ1) is 10.4. The number of hydrogen-bond donors (Lipinski definition) is 0. The summed E-state index contributed by atoms with van der Waals surface area (Å²) < 4.78 is 5.61. The molecule has 1 atom stereocenters. The first-order chi connectivity index (χ1) is 8.27. The van der Waals surface area contributed by atoms with E-state index in [9.17, 15) is 4.79 Å². The van der Waals surface area contributed by atoms with Gasteiger partial charge in [-0.2, -0.15) is 0 Å². The number of rotatable bonds is 1. The van der Waals surface area contributed by atoms with Gasteiger partial charge in [-0.1, -0.05) is 19.1 Å². The van der Waals surface area contributed by atoms with Crippen LogP contribution < -0.4 is 0 Å². The molecule has 0 saturated carbocycles. The number of fused-ring (bicyclic) bond motifs is 1. The molecular formula is C14H15NO2. The Labute approximate surface area is 101 Å². The smallest absolute Gasteiger partial charge is 0.227 e. The van der Waals surface area contributed by atoms with E-state index in [0.29, 0.717) is 12.3 Å². The monoisotopic (exact) mass is 229 g/mol. The highest BCUT2D eigenvalue weighted by Gasteiger charge is 2.30. The molecule has 88 valence electrons. The maximum Gasteiger partial charge on any atom is 0.227 e. The maximum atomic E-state index is 11.8. The van der Waals surface area contributed by atoms with Crippen molar-refractivity contribution in [2.24, 2.45) is 5.92 Å². The molecule has 1 saturated heterocycles. The van der Waals surface area contributed by atoms with Crippen LogP contribution in [0.25, 0.3) is 0 Å². The van der Waals surface area contributed by atoms with Gasteiger partial charge in [-0.15, -0.1) is 0 Å². The minimum absolute atomic E-state index is 0.198. The molecule has 0 aromatic carbocycles. The topological polar surface area (TPSA) is 29.5 Å². The summed E-state index contributed by atoms with van der Waals surface area (Å²) in [6.45, 7) is 2.93. The van der Waals surface area contributed by atoms with E-state index in [2.05, 4.69) is 19.1 Å². The van der Waals surface area contributed by atoms with Crippen LogP contribution in [0.15, 0.2) is 47.6 Å². The zero-order valence-corrected chi connectivity index (χ0v) is 9.85. The number of carbonyl (C=O) groups is 1. The molecule has 0 aromatic rings. The summed E-state index contributed by atoms with van der Waals surface area (Å²) >= 11 is 0. The predicted octanol–water partition coefficient (Wildman–Crippen LogP) is 2.50. The summed E-state index contributed by atoms with van der Waals surface area (Å²) in [6.07, 6.45) is 11.4. The molecule has 1 aliphatic carbocycles. The highest BCUT2D eigenvalue weighted by molar-refractivity contribution is 5.81. The van der Waals surface area contributed by atoms with Gasteiger partial charge in [-0.25, -0.2) is 0 Å². The van der Waals surface area contributed by atoms with Crippen LogP contribution in [0.3, 0.4) is 0 Å². The van der Waals surface area contributed by atoms with Gasteiger partial charge < -0.3 is 9.64 Å². The minimum atomic E-state index is 0.198. The normalized spacial score (nSPS) is 27.1. The molecule has 3 rings (SSSR count). The highest BCUT2D eigenvalue weighted by Crippen LogP contribution is 2.35. The number of carbonyl (C=O) groups excluding carboxylic acids is 1. The van der Waals surface area contributed by atoms with Gasteiger partial charge in [0.05, 0.1) is 12.0 Å². The fraction of sp³-hybridized carbons (Fsp3) is 0.357. The largest absolute Gasteiger partial charge is 0.462 e.